The molecule has 82 valence electrons. The smallest absolute Gasteiger partial charge is 0.125 e. The van der Waals surface area contributed by atoms with Crippen LogP contribution < -0.4 is 10.6 Å². The lowest BCUT2D eigenvalue weighted by Gasteiger charge is -2.36. The lowest BCUT2D eigenvalue weighted by molar-refractivity contribution is 0.453. The Morgan fingerprint density at radius 3 is 2.73 bits per heavy atom. The maximum absolute atomic E-state index is 13.1. The fourth-order valence-electron chi connectivity index (χ4n) is 2.22. The van der Waals surface area contributed by atoms with Gasteiger partial charge in [0.05, 0.1) is 0 Å². The van der Waals surface area contributed by atoms with Crippen LogP contribution in [0.1, 0.15) is 20.3 Å². The summed E-state index contributed by atoms with van der Waals surface area (Å²) in [4.78, 5) is 2.18. The normalized spacial score (nSPS) is 24.5. The molecule has 0 spiro atoms. The first kappa shape index (κ1) is 10.4. The molecule has 2 rings (SSSR count). The third-order valence-corrected chi connectivity index (χ3v) is 3.39. The molecule has 0 saturated carbocycles. The Kier molecular flexibility index (Phi) is 2.43. The quantitative estimate of drug-likeness (QED) is 0.766. The van der Waals surface area contributed by atoms with Crippen LogP contribution in [0.3, 0.4) is 0 Å². The first-order chi connectivity index (χ1) is 7.01. The van der Waals surface area contributed by atoms with Crippen LogP contribution in [0.4, 0.5) is 10.1 Å². The van der Waals surface area contributed by atoms with Gasteiger partial charge in [-0.15, -0.1) is 0 Å². The molecule has 1 unspecified atom stereocenters. The minimum atomic E-state index is -0.191. The second kappa shape index (κ2) is 3.49. The van der Waals surface area contributed by atoms with Crippen LogP contribution in [0.5, 0.6) is 0 Å². The molecular formula is C12H17FN2. The van der Waals surface area contributed by atoms with Gasteiger partial charge in [0.15, 0.2) is 0 Å². The zero-order chi connectivity index (χ0) is 11.1. The van der Waals surface area contributed by atoms with Gasteiger partial charge >= 0.3 is 0 Å². The van der Waals surface area contributed by atoms with E-state index in [0.717, 1.165) is 18.7 Å². The number of nitrogens with zero attached hydrogens (tertiary/aromatic N) is 1. The molecule has 0 bridgehead atoms. The second-order valence-electron chi connectivity index (χ2n) is 4.68. The van der Waals surface area contributed by atoms with E-state index < -0.39 is 0 Å². The average Bonchev–Trinajstić information content (AvgIpc) is 2.42. The summed E-state index contributed by atoms with van der Waals surface area (Å²) < 4.78 is 13.1. The van der Waals surface area contributed by atoms with E-state index in [0.29, 0.717) is 0 Å². The van der Waals surface area contributed by atoms with Crippen LogP contribution in [-0.2, 0) is 0 Å². The molecule has 1 heterocycles. The molecule has 1 atom stereocenters. The lowest BCUT2D eigenvalue weighted by Crippen LogP contribution is -2.48. The van der Waals surface area contributed by atoms with Gasteiger partial charge in [0, 0.05) is 23.8 Å². The average molecular weight is 208 g/mol. The fourth-order valence-corrected chi connectivity index (χ4v) is 2.22. The van der Waals surface area contributed by atoms with Crippen LogP contribution >= 0.6 is 0 Å². The molecular weight excluding hydrogens is 191 g/mol. The van der Waals surface area contributed by atoms with Crippen LogP contribution in [0, 0.1) is 5.82 Å². The Balaban J connectivity index is 2.32. The summed E-state index contributed by atoms with van der Waals surface area (Å²) in [5.41, 5.74) is 6.88. The molecule has 0 radical (unpaired) electrons. The third kappa shape index (κ3) is 1.72. The van der Waals surface area contributed by atoms with Crippen molar-refractivity contribution in [3.63, 3.8) is 0 Å². The first-order valence-electron chi connectivity index (χ1n) is 5.30. The van der Waals surface area contributed by atoms with E-state index in [9.17, 15) is 4.39 Å². The zero-order valence-electron chi connectivity index (χ0n) is 9.20. The Bertz CT molecular complexity index is 362. The molecule has 3 heteroatoms. The van der Waals surface area contributed by atoms with Crippen molar-refractivity contribution in [2.75, 3.05) is 11.4 Å². The van der Waals surface area contributed by atoms with Crippen molar-refractivity contribution in [1.29, 1.82) is 0 Å². The molecule has 1 aliphatic rings. The molecule has 0 aromatic heterocycles. The summed E-state index contributed by atoms with van der Waals surface area (Å²) in [6, 6.07) is 6.86. The van der Waals surface area contributed by atoms with Crippen LogP contribution in [0.15, 0.2) is 24.3 Å². The Morgan fingerprint density at radius 1 is 1.47 bits per heavy atom. The van der Waals surface area contributed by atoms with Crippen molar-refractivity contribution in [2.45, 2.75) is 31.8 Å². The third-order valence-electron chi connectivity index (χ3n) is 3.39. The van der Waals surface area contributed by atoms with Gasteiger partial charge in [0.25, 0.3) is 0 Å². The van der Waals surface area contributed by atoms with Crippen molar-refractivity contribution >= 4 is 5.69 Å². The summed E-state index contributed by atoms with van der Waals surface area (Å²) in [7, 11) is 0. The summed E-state index contributed by atoms with van der Waals surface area (Å²) in [5, 5.41) is 0. The molecule has 0 amide bonds. The minimum absolute atomic E-state index is 0.0895. The van der Waals surface area contributed by atoms with E-state index in [1.54, 1.807) is 12.1 Å². The van der Waals surface area contributed by atoms with E-state index in [1.807, 2.05) is 6.07 Å². The highest BCUT2D eigenvalue weighted by Gasteiger charge is 2.38. The monoisotopic (exact) mass is 208 g/mol. The summed E-state index contributed by atoms with van der Waals surface area (Å²) in [6.07, 6.45) is 0.962. The molecule has 2 N–H and O–H groups in total. The summed E-state index contributed by atoms with van der Waals surface area (Å²) >= 11 is 0. The van der Waals surface area contributed by atoms with Gasteiger partial charge in [-0.2, -0.15) is 0 Å². The van der Waals surface area contributed by atoms with Gasteiger partial charge in [-0.3, -0.25) is 0 Å². The van der Waals surface area contributed by atoms with Crippen molar-refractivity contribution < 1.29 is 4.39 Å². The van der Waals surface area contributed by atoms with E-state index in [1.165, 1.54) is 6.07 Å². The molecule has 1 fully saturated rings. The van der Waals surface area contributed by atoms with E-state index in [2.05, 4.69) is 18.7 Å². The summed E-state index contributed by atoms with van der Waals surface area (Å²) in [6.45, 7) is 5.11. The molecule has 1 aliphatic heterocycles. The standard InChI is InChI=1S/C12H17FN2/c1-12(2)11(14)6-7-15(12)10-5-3-4-9(13)8-10/h3-5,8,11H,6-7,14H2,1-2H3. The van der Waals surface area contributed by atoms with Crippen molar-refractivity contribution in [3.8, 4) is 0 Å². The molecule has 0 aliphatic carbocycles. The fraction of sp³-hybridized carbons (Fsp3) is 0.500. The summed E-state index contributed by atoms with van der Waals surface area (Å²) in [5.74, 6) is -0.191. The van der Waals surface area contributed by atoms with Crippen molar-refractivity contribution in [3.05, 3.63) is 30.1 Å². The number of hydrogen-bond donors (Lipinski definition) is 1. The van der Waals surface area contributed by atoms with Crippen LogP contribution in [-0.4, -0.2) is 18.1 Å². The van der Waals surface area contributed by atoms with Gasteiger partial charge < -0.3 is 10.6 Å². The lowest BCUT2D eigenvalue weighted by atomic mass is 9.96. The van der Waals surface area contributed by atoms with Gasteiger partial charge in [-0.05, 0) is 38.5 Å². The first-order valence-corrected chi connectivity index (χ1v) is 5.30. The highest BCUT2D eigenvalue weighted by Crippen LogP contribution is 2.32. The molecule has 1 saturated heterocycles. The number of rotatable bonds is 1. The molecule has 1 aromatic carbocycles. The Labute approximate surface area is 89.9 Å². The zero-order valence-corrected chi connectivity index (χ0v) is 9.20. The molecule has 2 nitrogen and oxygen atoms in total. The van der Waals surface area contributed by atoms with Crippen molar-refractivity contribution in [1.82, 2.24) is 0 Å². The minimum Gasteiger partial charge on any atom is -0.365 e. The SMILES string of the molecule is CC1(C)C(N)CCN1c1cccc(F)c1. The van der Waals surface area contributed by atoms with Gasteiger partial charge in [-0.1, -0.05) is 6.07 Å². The van der Waals surface area contributed by atoms with E-state index in [-0.39, 0.29) is 17.4 Å². The highest BCUT2D eigenvalue weighted by atomic mass is 19.1. The molecule has 1 aromatic rings. The maximum atomic E-state index is 13.1. The number of halogens is 1. The van der Waals surface area contributed by atoms with E-state index >= 15 is 0 Å². The Morgan fingerprint density at radius 2 is 2.20 bits per heavy atom. The number of benzene rings is 1. The van der Waals surface area contributed by atoms with E-state index in [4.69, 9.17) is 5.73 Å². The maximum Gasteiger partial charge on any atom is 0.125 e. The second-order valence-corrected chi connectivity index (χ2v) is 4.68. The van der Waals surface area contributed by atoms with Crippen LogP contribution in [0.2, 0.25) is 0 Å². The van der Waals surface area contributed by atoms with Gasteiger partial charge in [0.1, 0.15) is 5.82 Å². The number of hydrogen-bond acceptors (Lipinski definition) is 2. The molecule has 15 heavy (non-hydrogen) atoms. The predicted octanol–water partition coefficient (Wildman–Crippen LogP) is 2.14. The van der Waals surface area contributed by atoms with Crippen LogP contribution in [0.25, 0.3) is 0 Å². The highest BCUT2D eigenvalue weighted by molar-refractivity contribution is 5.51. The van der Waals surface area contributed by atoms with Gasteiger partial charge in [0.2, 0.25) is 0 Å². The number of nitrogens with two attached hydrogens (primary N) is 1. The topological polar surface area (TPSA) is 29.3 Å². The largest absolute Gasteiger partial charge is 0.365 e. The Hall–Kier alpha value is -1.09. The van der Waals surface area contributed by atoms with Crippen molar-refractivity contribution in [2.24, 2.45) is 5.73 Å². The number of anilines is 1. The predicted molar refractivity (Wildman–Crippen MR) is 60.4 cm³/mol. The van der Waals surface area contributed by atoms with Gasteiger partial charge in [-0.25, -0.2) is 4.39 Å².